The molecule has 0 saturated carbocycles. The zero-order chi connectivity index (χ0) is 17.1. The Morgan fingerprint density at radius 2 is 1.92 bits per heavy atom. The molecule has 0 fully saturated rings. The summed E-state index contributed by atoms with van der Waals surface area (Å²) in [6, 6.07) is 13.3. The second-order valence-corrected chi connectivity index (χ2v) is 6.74. The minimum absolute atomic E-state index is 0.0137. The average Bonchev–Trinajstić information content (AvgIpc) is 2.91. The molecule has 0 saturated heterocycles. The summed E-state index contributed by atoms with van der Waals surface area (Å²) in [4.78, 5) is 28.2. The maximum atomic E-state index is 12.1. The smallest absolute Gasteiger partial charge is 0.260 e. The highest BCUT2D eigenvalue weighted by Gasteiger charge is 2.31. The number of carbonyl (C=O) groups excluding carboxylic acids is 2. The first-order chi connectivity index (χ1) is 11.5. The van der Waals surface area contributed by atoms with Crippen molar-refractivity contribution in [1.29, 1.82) is 0 Å². The van der Waals surface area contributed by atoms with Crippen LogP contribution in [0.25, 0.3) is 0 Å². The lowest BCUT2D eigenvalue weighted by molar-refractivity contribution is -0.121. The molecule has 5 nitrogen and oxygen atoms in total. The molecular weight excluding hydrogens is 348 g/mol. The van der Waals surface area contributed by atoms with E-state index in [2.05, 4.69) is 10.3 Å². The molecule has 1 aliphatic heterocycles. The van der Waals surface area contributed by atoms with Crippen molar-refractivity contribution in [2.45, 2.75) is 11.7 Å². The van der Waals surface area contributed by atoms with Crippen LogP contribution in [0.2, 0.25) is 5.02 Å². The Bertz CT molecular complexity index is 821. The van der Waals surface area contributed by atoms with Gasteiger partial charge in [0.15, 0.2) is 0 Å². The van der Waals surface area contributed by atoms with Crippen LogP contribution in [0.15, 0.2) is 53.5 Å². The lowest BCUT2D eigenvalue weighted by Crippen LogP contribution is -2.21. The van der Waals surface area contributed by atoms with Crippen molar-refractivity contribution in [3.63, 3.8) is 0 Å². The first kappa shape index (κ1) is 16.5. The molecule has 122 valence electrons. The van der Waals surface area contributed by atoms with E-state index in [0.29, 0.717) is 15.8 Å². The van der Waals surface area contributed by atoms with Crippen molar-refractivity contribution in [1.82, 2.24) is 0 Å². The molecule has 2 aromatic rings. The number of amides is 2. The van der Waals surface area contributed by atoms with Gasteiger partial charge in [0.1, 0.15) is 16.0 Å². The number of aliphatic imine (C=N–C) groups is 1. The molecule has 0 radical (unpaired) electrons. The van der Waals surface area contributed by atoms with Crippen molar-refractivity contribution >= 4 is 45.9 Å². The number of anilines is 1. The predicted molar refractivity (Wildman–Crippen MR) is 95.7 cm³/mol. The van der Waals surface area contributed by atoms with Gasteiger partial charge in [0.05, 0.1) is 10.7 Å². The van der Waals surface area contributed by atoms with E-state index in [1.54, 1.807) is 36.4 Å². The fourth-order valence-corrected chi connectivity index (χ4v) is 3.44. The first-order valence-electron chi connectivity index (χ1n) is 7.16. The zero-order valence-corrected chi connectivity index (χ0v) is 14.0. The highest BCUT2D eigenvalue weighted by molar-refractivity contribution is 8.16. The number of phenolic OH excluding ortho intramolecular Hbond substituents is 1. The van der Waals surface area contributed by atoms with Crippen LogP contribution in [0, 0.1) is 0 Å². The third-order valence-corrected chi connectivity index (χ3v) is 4.91. The largest absolute Gasteiger partial charge is 0.508 e. The number of hydrogen-bond acceptors (Lipinski definition) is 4. The Hall–Kier alpha value is -2.31. The molecule has 2 N–H and O–H groups in total. The Kier molecular flexibility index (Phi) is 4.87. The number of rotatable bonds is 4. The molecule has 3 rings (SSSR count). The van der Waals surface area contributed by atoms with Gasteiger partial charge in [0, 0.05) is 12.0 Å². The predicted octanol–water partition coefficient (Wildman–Crippen LogP) is 3.46. The fraction of sp³-hybridized carbons (Fsp3) is 0.118. The Labute approximate surface area is 147 Å². The molecular formula is C17H13ClN2O3S. The molecule has 0 spiro atoms. The molecule has 2 amide bonds. The third kappa shape index (κ3) is 3.77. The Morgan fingerprint density at radius 1 is 1.21 bits per heavy atom. The Balaban J connectivity index is 1.63. The van der Waals surface area contributed by atoms with E-state index in [9.17, 15) is 14.7 Å². The number of thioether (sulfide) groups is 1. The number of hydrogen-bond donors (Lipinski definition) is 2. The van der Waals surface area contributed by atoms with Crippen LogP contribution in [0.3, 0.4) is 0 Å². The van der Waals surface area contributed by atoms with E-state index in [1.165, 1.54) is 23.9 Å². The van der Waals surface area contributed by atoms with Crippen LogP contribution in [0.1, 0.15) is 12.0 Å². The minimum Gasteiger partial charge on any atom is -0.508 e. The maximum Gasteiger partial charge on any atom is 0.260 e. The van der Waals surface area contributed by atoms with Gasteiger partial charge in [-0.1, -0.05) is 35.5 Å². The van der Waals surface area contributed by atoms with E-state index in [4.69, 9.17) is 11.6 Å². The van der Waals surface area contributed by atoms with Gasteiger partial charge in [0.25, 0.3) is 5.91 Å². The topological polar surface area (TPSA) is 78.8 Å². The van der Waals surface area contributed by atoms with E-state index in [1.807, 2.05) is 0 Å². The fourth-order valence-electron chi connectivity index (χ4n) is 2.18. The summed E-state index contributed by atoms with van der Waals surface area (Å²) in [5, 5.41) is 12.4. The summed E-state index contributed by atoms with van der Waals surface area (Å²) in [6.45, 7) is 0. The third-order valence-electron chi connectivity index (χ3n) is 3.37. The van der Waals surface area contributed by atoms with Gasteiger partial charge in [-0.05, 0) is 36.4 Å². The number of carbonyl (C=O) groups is 2. The normalized spacial score (nSPS) is 16.8. The van der Waals surface area contributed by atoms with Gasteiger partial charge >= 0.3 is 0 Å². The number of phenols is 1. The molecule has 24 heavy (non-hydrogen) atoms. The molecule has 1 heterocycles. The molecule has 7 heteroatoms. The SMILES string of the molecule is O=C(C[C@@H]1SC(c2ccc(O)cc2)=NC1=O)Nc1ccccc1Cl. The summed E-state index contributed by atoms with van der Waals surface area (Å²) in [6.07, 6.45) is 0.0137. The quantitative estimate of drug-likeness (QED) is 0.875. The van der Waals surface area contributed by atoms with E-state index < -0.39 is 5.25 Å². The van der Waals surface area contributed by atoms with Crippen molar-refractivity contribution < 1.29 is 14.7 Å². The van der Waals surface area contributed by atoms with Gasteiger partial charge in [0.2, 0.25) is 5.91 Å². The monoisotopic (exact) mass is 360 g/mol. The minimum atomic E-state index is -0.559. The molecule has 0 unspecified atom stereocenters. The van der Waals surface area contributed by atoms with Crippen LogP contribution in [0.4, 0.5) is 5.69 Å². The summed E-state index contributed by atoms with van der Waals surface area (Å²) in [5.74, 6) is -0.488. The Morgan fingerprint density at radius 3 is 2.62 bits per heavy atom. The summed E-state index contributed by atoms with van der Waals surface area (Å²) in [5.41, 5.74) is 1.25. The van der Waals surface area contributed by atoms with Gasteiger partial charge < -0.3 is 10.4 Å². The molecule has 1 aliphatic rings. The van der Waals surface area contributed by atoms with E-state index >= 15 is 0 Å². The van der Waals surface area contributed by atoms with Crippen LogP contribution >= 0.6 is 23.4 Å². The van der Waals surface area contributed by atoms with Crippen molar-refractivity contribution in [3.8, 4) is 5.75 Å². The zero-order valence-electron chi connectivity index (χ0n) is 12.4. The summed E-state index contributed by atoms with van der Waals surface area (Å²) in [7, 11) is 0. The standard InChI is InChI=1S/C17H13ClN2O3S/c18-12-3-1-2-4-13(12)19-15(22)9-14-16(23)20-17(24-14)10-5-7-11(21)8-6-10/h1-8,14,21H,9H2,(H,19,22)/t14-/m0/s1. The summed E-state index contributed by atoms with van der Waals surface area (Å²) < 4.78 is 0. The molecule has 0 aromatic heterocycles. The molecule has 2 aromatic carbocycles. The number of para-hydroxylation sites is 1. The van der Waals surface area contributed by atoms with Crippen molar-refractivity contribution in [2.75, 3.05) is 5.32 Å². The summed E-state index contributed by atoms with van der Waals surface area (Å²) >= 11 is 7.25. The lowest BCUT2D eigenvalue weighted by atomic mass is 10.2. The number of halogens is 1. The first-order valence-corrected chi connectivity index (χ1v) is 8.41. The number of aromatic hydroxyl groups is 1. The van der Waals surface area contributed by atoms with Crippen molar-refractivity contribution in [2.24, 2.45) is 4.99 Å². The van der Waals surface area contributed by atoms with Gasteiger partial charge in [-0.3, -0.25) is 9.59 Å². The van der Waals surface area contributed by atoms with Gasteiger partial charge in [-0.2, -0.15) is 0 Å². The van der Waals surface area contributed by atoms with E-state index in [-0.39, 0.29) is 24.0 Å². The number of benzene rings is 2. The molecule has 0 bridgehead atoms. The van der Waals surface area contributed by atoms with Gasteiger partial charge in [-0.25, -0.2) is 4.99 Å². The lowest BCUT2D eigenvalue weighted by Gasteiger charge is -2.09. The van der Waals surface area contributed by atoms with Crippen LogP contribution in [-0.2, 0) is 9.59 Å². The van der Waals surface area contributed by atoms with Crippen LogP contribution in [0.5, 0.6) is 5.75 Å². The maximum absolute atomic E-state index is 12.1. The van der Waals surface area contributed by atoms with E-state index in [0.717, 1.165) is 5.56 Å². The van der Waals surface area contributed by atoms with Gasteiger partial charge in [-0.15, -0.1) is 0 Å². The highest BCUT2D eigenvalue weighted by Crippen LogP contribution is 2.30. The average molecular weight is 361 g/mol. The van der Waals surface area contributed by atoms with Crippen LogP contribution in [-0.4, -0.2) is 27.2 Å². The number of nitrogens with zero attached hydrogens (tertiary/aromatic N) is 1. The molecule has 1 atom stereocenters. The molecule has 0 aliphatic carbocycles. The second-order valence-electron chi connectivity index (χ2n) is 5.14. The van der Waals surface area contributed by atoms with Crippen LogP contribution < -0.4 is 5.32 Å². The second kappa shape index (κ2) is 7.07. The number of nitrogens with one attached hydrogen (secondary N) is 1. The highest BCUT2D eigenvalue weighted by atomic mass is 35.5. The van der Waals surface area contributed by atoms with Crippen molar-refractivity contribution in [3.05, 3.63) is 59.1 Å².